The summed E-state index contributed by atoms with van der Waals surface area (Å²) < 4.78 is 0. The second-order valence-electron chi connectivity index (χ2n) is 4.09. The van der Waals surface area contributed by atoms with Crippen LogP contribution in [0, 0.1) is 0 Å². The molecule has 0 amide bonds. The predicted octanol–water partition coefficient (Wildman–Crippen LogP) is 3.35. The normalized spacial score (nSPS) is 10.8. The minimum absolute atomic E-state index is 1.05. The standard InChI is InChI=1S/C14H24N2/c1-4-10-15-14-9-7-8-13(11-14)12-16(5-2)6-3/h7-9,11,15H,4-6,10,12H2,1-3H3. The summed E-state index contributed by atoms with van der Waals surface area (Å²) in [6.07, 6.45) is 1.17. The number of rotatable bonds is 7. The highest BCUT2D eigenvalue weighted by Gasteiger charge is 2.01. The molecule has 1 aromatic carbocycles. The zero-order valence-corrected chi connectivity index (χ0v) is 10.8. The second kappa shape index (κ2) is 7.29. The molecule has 0 heterocycles. The third kappa shape index (κ3) is 4.23. The van der Waals surface area contributed by atoms with Crippen LogP contribution in [0.2, 0.25) is 0 Å². The maximum Gasteiger partial charge on any atom is 0.0343 e. The minimum atomic E-state index is 1.05. The highest BCUT2D eigenvalue weighted by atomic mass is 15.1. The van der Waals surface area contributed by atoms with Gasteiger partial charge in [0.25, 0.3) is 0 Å². The van der Waals surface area contributed by atoms with Gasteiger partial charge in [-0.25, -0.2) is 0 Å². The molecule has 2 nitrogen and oxygen atoms in total. The fourth-order valence-corrected chi connectivity index (χ4v) is 1.75. The van der Waals surface area contributed by atoms with Crippen LogP contribution in [0.15, 0.2) is 24.3 Å². The fraction of sp³-hybridized carbons (Fsp3) is 0.571. The van der Waals surface area contributed by atoms with Gasteiger partial charge in [0.2, 0.25) is 0 Å². The van der Waals surface area contributed by atoms with Gasteiger partial charge in [-0.15, -0.1) is 0 Å². The summed E-state index contributed by atoms with van der Waals surface area (Å²) in [5, 5.41) is 3.43. The molecule has 0 saturated carbocycles. The molecule has 0 spiro atoms. The minimum Gasteiger partial charge on any atom is -0.385 e. The molecule has 0 aliphatic heterocycles. The van der Waals surface area contributed by atoms with E-state index in [2.05, 4.69) is 55.3 Å². The highest BCUT2D eigenvalue weighted by molar-refractivity contribution is 5.45. The van der Waals surface area contributed by atoms with Gasteiger partial charge in [-0.2, -0.15) is 0 Å². The molecule has 1 rings (SSSR count). The van der Waals surface area contributed by atoms with E-state index in [9.17, 15) is 0 Å². The topological polar surface area (TPSA) is 15.3 Å². The molecule has 0 saturated heterocycles. The largest absolute Gasteiger partial charge is 0.385 e. The van der Waals surface area contributed by atoms with Gasteiger partial charge in [0.1, 0.15) is 0 Å². The van der Waals surface area contributed by atoms with Crippen LogP contribution < -0.4 is 5.32 Å². The first-order chi connectivity index (χ1) is 7.80. The Morgan fingerprint density at radius 3 is 2.50 bits per heavy atom. The quantitative estimate of drug-likeness (QED) is 0.758. The lowest BCUT2D eigenvalue weighted by Crippen LogP contribution is -2.22. The van der Waals surface area contributed by atoms with Gasteiger partial charge < -0.3 is 5.32 Å². The zero-order chi connectivity index (χ0) is 11.8. The van der Waals surface area contributed by atoms with Crippen molar-refractivity contribution in [2.75, 3.05) is 25.0 Å². The lowest BCUT2D eigenvalue weighted by Gasteiger charge is -2.18. The molecule has 2 heteroatoms. The van der Waals surface area contributed by atoms with Crippen molar-refractivity contribution in [2.45, 2.75) is 33.7 Å². The van der Waals surface area contributed by atoms with Crippen LogP contribution in [0.3, 0.4) is 0 Å². The lowest BCUT2D eigenvalue weighted by atomic mass is 10.2. The zero-order valence-electron chi connectivity index (χ0n) is 10.8. The molecule has 0 aromatic heterocycles. The van der Waals surface area contributed by atoms with Gasteiger partial charge in [0.15, 0.2) is 0 Å². The molecule has 0 atom stereocenters. The van der Waals surface area contributed by atoms with Crippen LogP contribution in [-0.2, 0) is 6.54 Å². The molecular weight excluding hydrogens is 196 g/mol. The molecule has 90 valence electrons. The number of anilines is 1. The van der Waals surface area contributed by atoms with Crippen molar-refractivity contribution in [3.8, 4) is 0 Å². The Balaban J connectivity index is 2.59. The predicted molar refractivity (Wildman–Crippen MR) is 71.8 cm³/mol. The summed E-state index contributed by atoms with van der Waals surface area (Å²) in [6, 6.07) is 8.74. The average molecular weight is 220 g/mol. The molecule has 0 aliphatic rings. The van der Waals surface area contributed by atoms with Crippen molar-refractivity contribution in [1.82, 2.24) is 4.90 Å². The van der Waals surface area contributed by atoms with Crippen LogP contribution >= 0.6 is 0 Å². The number of nitrogens with one attached hydrogen (secondary N) is 1. The first kappa shape index (κ1) is 13.0. The van der Waals surface area contributed by atoms with E-state index in [0.29, 0.717) is 0 Å². The molecule has 0 radical (unpaired) electrons. The Morgan fingerprint density at radius 1 is 1.12 bits per heavy atom. The Bertz CT molecular complexity index is 293. The van der Waals surface area contributed by atoms with E-state index in [1.807, 2.05) is 0 Å². The molecular formula is C14H24N2. The maximum atomic E-state index is 3.43. The van der Waals surface area contributed by atoms with E-state index in [1.54, 1.807) is 0 Å². The van der Waals surface area contributed by atoms with Crippen molar-refractivity contribution < 1.29 is 0 Å². The van der Waals surface area contributed by atoms with Crippen LogP contribution in [0.5, 0.6) is 0 Å². The number of benzene rings is 1. The number of hydrogen-bond donors (Lipinski definition) is 1. The summed E-state index contributed by atoms with van der Waals surface area (Å²) >= 11 is 0. The Hall–Kier alpha value is -1.02. The lowest BCUT2D eigenvalue weighted by molar-refractivity contribution is 0.296. The maximum absolute atomic E-state index is 3.43. The third-order valence-corrected chi connectivity index (χ3v) is 2.81. The Kier molecular flexibility index (Phi) is 5.94. The summed E-state index contributed by atoms with van der Waals surface area (Å²) in [7, 11) is 0. The van der Waals surface area contributed by atoms with E-state index in [4.69, 9.17) is 0 Å². The average Bonchev–Trinajstić information content (AvgIpc) is 2.34. The first-order valence-corrected chi connectivity index (χ1v) is 6.35. The second-order valence-corrected chi connectivity index (χ2v) is 4.09. The van der Waals surface area contributed by atoms with E-state index in [-0.39, 0.29) is 0 Å². The monoisotopic (exact) mass is 220 g/mol. The van der Waals surface area contributed by atoms with Crippen LogP contribution in [0.1, 0.15) is 32.8 Å². The number of hydrogen-bond acceptors (Lipinski definition) is 2. The smallest absolute Gasteiger partial charge is 0.0343 e. The van der Waals surface area contributed by atoms with Gasteiger partial charge in [-0.05, 0) is 37.2 Å². The van der Waals surface area contributed by atoms with Gasteiger partial charge in [-0.3, -0.25) is 4.90 Å². The molecule has 1 aromatic rings. The van der Waals surface area contributed by atoms with Gasteiger partial charge in [0.05, 0.1) is 0 Å². The van der Waals surface area contributed by atoms with E-state index in [0.717, 1.165) is 26.2 Å². The van der Waals surface area contributed by atoms with Gasteiger partial charge >= 0.3 is 0 Å². The molecule has 0 aliphatic carbocycles. The molecule has 16 heavy (non-hydrogen) atoms. The summed E-state index contributed by atoms with van der Waals surface area (Å²) in [4.78, 5) is 2.43. The van der Waals surface area contributed by atoms with E-state index in [1.165, 1.54) is 17.7 Å². The van der Waals surface area contributed by atoms with Crippen LogP contribution in [0.25, 0.3) is 0 Å². The Morgan fingerprint density at radius 2 is 1.88 bits per heavy atom. The third-order valence-electron chi connectivity index (χ3n) is 2.81. The van der Waals surface area contributed by atoms with E-state index < -0.39 is 0 Å². The van der Waals surface area contributed by atoms with Crippen molar-refractivity contribution in [3.05, 3.63) is 29.8 Å². The number of nitrogens with zero attached hydrogens (tertiary/aromatic N) is 1. The summed E-state index contributed by atoms with van der Waals surface area (Å²) in [6.45, 7) is 10.9. The molecule has 0 fully saturated rings. The van der Waals surface area contributed by atoms with Crippen molar-refractivity contribution >= 4 is 5.69 Å². The summed E-state index contributed by atoms with van der Waals surface area (Å²) in [5.41, 5.74) is 2.64. The molecule has 0 bridgehead atoms. The van der Waals surface area contributed by atoms with Crippen LogP contribution in [0.4, 0.5) is 5.69 Å². The van der Waals surface area contributed by atoms with E-state index >= 15 is 0 Å². The highest BCUT2D eigenvalue weighted by Crippen LogP contribution is 2.12. The molecule has 0 unspecified atom stereocenters. The van der Waals surface area contributed by atoms with Gasteiger partial charge in [-0.1, -0.05) is 32.9 Å². The van der Waals surface area contributed by atoms with Gasteiger partial charge in [0, 0.05) is 18.8 Å². The summed E-state index contributed by atoms with van der Waals surface area (Å²) in [5.74, 6) is 0. The Labute approximate surface area is 99.7 Å². The van der Waals surface area contributed by atoms with Crippen molar-refractivity contribution in [2.24, 2.45) is 0 Å². The SMILES string of the molecule is CCCNc1cccc(CN(CC)CC)c1. The van der Waals surface area contributed by atoms with Crippen LogP contribution in [-0.4, -0.2) is 24.5 Å². The van der Waals surface area contributed by atoms with Crippen molar-refractivity contribution in [1.29, 1.82) is 0 Å². The fourth-order valence-electron chi connectivity index (χ4n) is 1.75. The van der Waals surface area contributed by atoms with Crippen molar-refractivity contribution in [3.63, 3.8) is 0 Å². The first-order valence-electron chi connectivity index (χ1n) is 6.35. The molecule has 1 N–H and O–H groups in total.